The van der Waals surface area contributed by atoms with Crippen LogP contribution >= 0.6 is 15.9 Å². The van der Waals surface area contributed by atoms with Crippen LogP contribution in [0.2, 0.25) is 0 Å². The molecule has 0 spiro atoms. The van der Waals surface area contributed by atoms with Crippen molar-refractivity contribution in [2.75, 3.05) is 0 Å². The highest BCUT2D eigenvalue weighted by Gasteiger charge is 2.52. The lowest BCUT2D eigenvalue weighted by atomic mass is 9.71. The maximum atomic E-state index is 6.26. The third kappa shape index (κ3) is 8.21. The molecule has 0 aromatic heterocycles. The van der Waals surface area contributed by atoms with Gasteiger partial charge < -0.3 is 9.31 Å². The molecule has 1 saturated heterocycles. The van der Waals surface area contributed by atoms with Gasteiger partial charge in [0.1, 0.15) is 0 Å². The number of hydrogen-bond donors (Lipinski definition) is 0. The van der Waals surface area contributed by atoms with Gasteiger partial charge in [-0.25, -0.2) is 0 Å². The highest BCUT2D eigenvalue weighted by molar-refractivity contribution is 9.10. The topological polar surface area (TPSA) is 18.5 Å². The van der Waals surface area contributed by atoms with Crippen LogP contribution in [0.15, 0.2) is 40.9 Å². The number of benzene rings is 2. The second-order valence-corrected chi connectivity index (χ2v) is 17.1. The maximum absolute atomic E-state index is 6.26. The predicted molar refractivity (Wildman–Crippen MR) is 171 cm³/mol. The Hall–Kier alpha value is -1.10. The van der Waals surface area contributed by atoms with Gasteiger partial charge in [0.15, 0.2) is 0 Å². The summed E-state index contributed by atoms with van der Waals surface area (Å²) in [4.78, 5) is 0. The summed E-state index contributed by atoms with van der Waals surface area (Å²) >= 11 is 3.60. The third-order valence-corrected chi connectivity index (χ3v) is 8.30. The number of rotatable bonds is 1. The van der Waals surface area contributed by atoms with E-state index in [-0.39, 0.29) is 40.0 Å². The Morgan fingerprint density at radius 2 is 0.763 bits per heavy atom. The summed E-state index contributed by atoms with van der Waals surface area (Å²) in [6.45, 7) is 35.4. The minimum Gasteiger partial charge on any atom is -0.399 e. The van der Waals surface area contributed by atoms with E-state index in [0.717, 1.165) is 5.46 Å². The molecular weight excluding hydrogens is 531 g/mol. The molecule has 0 bridgehead atoms. The van der Waals surface area contributed by atoms with Gasteiger partial charge in [-0.05, 0) is 89.2 Å². The zero-order valence-electron chi connectivity index (χ0n) is 27.2. The minimum atomic E-state index is -0.308. The first-order chi connectivity index (χ1) is 16.7. The summed E-state index contributed by atoms with van der Waals surface area (Å²) in [6, 6.07) is 13.6. The molecule has 1 aliphatic heterocycles. The van der Waals surface area contributed by atoms with Gasteiger partial charge in [0.25, 0.3) is 0 Å². The summed E-state index contributed by atoms with van der Waals surface area (Å²) in [6.07, 6.45) is 0. The summed E-state index contributed by atoms with van der Waals surface area (Å²) in [5, 5.41) is 0. The molecule has 1 heterocycles. The Bertz CT molecular complexity index is 1040. The second kappa shape index (κ2) is 10.7. The van der Waals surface area contributed by atoms with E-state index in [4.69, 9.17) is 9.31 Å². The molecule has 38 heavy (non-hydrogen) atoms. The van der Waals surface area contributed by atoms with Crippen LogP contribution in [0.5, 0.6) is 0 Å². The normalized spacial score (nSPS) is 17.8. The van der Waals surface area contributed by atoms with Crippen molar-refractivity contribution in [2.24, 2.45) is 0 Å². The highest BCUT2D eigenvalue weighted by atomic mass is 79.9. The molecule has 0 N–H and O–H groups in total. The predicted octanol–water partition coefficient (Wildman–Crippen LogP) is 9.62. The Labute approximate surface area is 244 Å². The van der Waals surface area contributed by atoms with Crippen LogP contribution in [0.1, 0.15) is 133 Å². The fraction of sp³-hybridized carbons (Fsp3) is 0.647. The molecule has 0 atom stereocenters. The SMILES string of the molecule is CC(C)(C)c1cc(B2OC(C)(C)C(C)(C)O2)cc(C(C)(C)C)c1.CC(C)(C)c1cc(Br)cc(C(C)(C)C)c1. The Morgan fingerprint density at radius 1 is 0.500 bits per heavy atom. The largest absolute Gasteiger partial charge is 0.494 e. The molecule has 212 valence electrons. The molecule has 0 unspecified atom stereocenters. The van der Waals surface area contributed by atoms with Gasteiger partial charge in [0.2, 0.25) is 0 Å². The van der Waals surface area contributed by atoms with E-state index in [1.807, 2.05) is 0 Å². The van der Waals surface area contributed by atoms with Crippen molar-refractivity contribution in [1.29, 1.82) is 0 Å². The Kier molecular flexibility index (Phi) is 9.33. The van der Waals surface area contributed by atoms with Crippen LogP contribution in [0, 0.1) is 0 Å². The zero-order valence-corrected chi connectivity index (χ0v) is 28.8. The molecule has 2 aromatic rings. The Morgan fingerprint density at radius 3 is 1.03 bits per heavy atom. The van der Waals surface area contributed by atoms with Crippen LogP contribution < -0.4 is 5.46 Å². The van der Waals surface area contributed by atoms with Gasteiger partial charge in [-0.3, -0.25) is 0 Å². The molecule has 0 amide bonds. The molecule has 0 radical (unpaired) electrons. The first-order valence-electron chi connectivity index (χ1n) is 14.1. The van der Waals surface area contributed by atoms with Crippen molar-refractivity contribution < 1.29 is 9.31 Å². The van der Waals surface area contributed by atoms with E-state index in [9.17, 15) is 0 Å². The number of halogens is 1. The summed E-state index contributed by atoms with van der Waals surface area (Å²) < 4.78 is 13.7. The van der Waals surface area contributed by atoms with E-state index >= 15 is 0 Å². The van der Waals surface area contributed by atoms with E-state index in [1.165, 1.54) is 26.7 Å². The lowest BCUT2D eigenvalue weighted by Gasteiger charge is -2.32. The van der Waals surface area contributed by atoms with Gasteiger partial charge in [-0.15, -0.1) is 0 Å². The molecule has 3 rings (SSSR count). The van der Waals surface area contributed by atoms with E-state index in [2.05, 4.69) is 163 Å². The molecule has 0 saturated carbocycles. The quantitative estimate of drug-likeness (QED) is 0.310. The molecule has 4 heteroatoms. The molecule has 2 aromatic carbocycles. The van der Waals surface area contributed by atoms with Crippen LogP contribution in [0.25, 0.3) is 0 Å². The van der Waals surface area contributed by atoms with Gasteiger partial charge in [0, 0.05) is 4.47 Å². The summed E-state index contributed by atoms with van der Waals surface area (Å²) in [5.41, 5.74) is 6.57. The second-order valence-electron chi connectivity index (χ2n) is 16.2. The van der Waals surface area contributed by atoms with Crippen molar-refractivity contribution in [3.8, 4) is 0 Å². The fourth-order valence-electron chi connectivity index (χ4n) is 4.09. The van der Waals surface area contributed by atoms with Crippen LogP contribution in [0.3, 0.4) is 0 Å². The van der Waals surface area contributed by atoms with Gasteiger partial charge in [0.05, 0.1) is 11.2 Å². The van der Waals surface area contributed by atoms with Crippen molar-refractivity contribution >= 4 is 28.5 Å². The molecule has 1 aliphatic rings. The van der Waals surface area contributed by atoms with E-state index in [0.29, 0.717) is 0 Å². The third-order valence-electron chi connectivity index (χ3n) is 7.84. The van der Waals surface area contributed by atoms with Gasteiger partial charge in [-0.2, -0.15) is 0 Å². The van der Waals surface area contributed by atoms with E-state index in [1.54, 1.807) is 0 Å². The molecule has 0 aliphatic carbocycles. The van der Waals surface area contributed by atoms with Gasteiger partial charge in [-0.1, -0.05) is 123 Å². The smallest absolute Gasteiger partial charge is 0.399 e. The van der Waals surface area contributed by atoms with E-state index < -0.39 is 0 Å². The number of hydrogen-bond acceptors (Lipinski definition) is 2. The average Bonchev–Trinajstić information content (AvgIpc) is 2.92. The van der Waals surface area contributed by atoms with Crippen molar-refractivity contribution in [2.45, 2.75) is 144 Å². The lowest BCUT2D eigenvalue weighted by molar-refractivity contribution is 0.00578. The van der Waals surface area contributed by atoms with Crippen LogP contribution in [-0.4, -0.2) is 18.3 Å². The lowest BCUT2D eigenvalue weighted by Crippen LogP contribution is -2.41. The molecule has 2 nitrogen and oxygen atoms in total. The van der Waals surface area contributed by atoms with Crippen LogP contribution in [0.4, 0.5) is 0 Å². The molecular formula is C34H54BBrO2. The Balaban J connectivity index is 0.000000293. The summed E-state index contributed by atoms with van der Waals surface area (Å²) in [5.74, 6) is 0. The monoisotopic (exact) mass is 584 g/mol. The first kappa shape index (κ1) is 33.1. The van der Waals surface area contributed by atoms with Crippen LogP contribution in [-0.2, 0) is 31.0 Å². The van der Waals surface area contributed by atoms with Crippen molar-refractivity contribution in [3.05, 3.63) is 63.1 Å². The average molecular weight is 586 g/mol. The highest BCUT2D eigenvalue weighted by Crippen LogP contribution is 2.37. The van der Waals surface area contributed by atoms with Crippen molar-refractivity contribution in [3.63, 3.8) is 0 Å². The van der Waals surface area contributed by atoms with Gasteiger partial charge >= 0.3 is 7.12 Å². The van der Waals surface area contributed by atoms with Crippen molar-refractivity contribution in [1.82, 2.24) is 0 Å². The maximum Gasteiger partial charge on any atom is 0.494 e. The zero-order chi connectivity index (χ0) is 29.7. The summed E-state index contributed by atoms with van der Waals surface area (Å²) in [7, 11) is -0.302. The molecule has 1 fully saturated rings. The fourth-order valence-corrected chi connectivity index (χ4v) is 4.58. The first-order valence-corrected chi connectivity index (χ1v) is 14.9. The standard InChI is InChI=1S/C20H33BO2.C14H21Br/c1-17(2,3)14-11-15(18(4,5)6)13-16(12-14)21-22-19(7,8)20(9,10)23-21;1-13(2,3)10-7-11(14(4,5)6)9-12(15)8-10/h11-13H,1-10H3;7-9H,1-6H3. The minimum absolute atomic E-state index is 0.0969.